The van der Waals surface area contributed by atoms with Crippen LogP contribution in [0.25, 0.3) is 0 Å². The van der Waals surface area contributed by atoms with E-state index in [1.54, 1.807) is 10.9 Å². The zero-order chi connectivity index (χ0) is 10.1. The molecule has 0 atom stereocenters. The highest BCUT2D eigenvalue weighted by Crippen LogP contribution is 2.01. The molecule has 2 aromatic rings. The van der Waals surface area contributed by atoms with Crippen molar-refractivity contribution in [1.29, 1.82) is 0 Å². The fourth-order valence-corrected chi connectivity index (χ4v) is 1.12. The van der Waals surface area contributed by atoms with Gasteiger partial charge in [-0.2, -0.15) is 0 Å². The van der Waals surface area contributed by atoms with Crippen molar-refractivity contribution in [2.24, 2.45) is 7.05 Å². The van der Waals surface area contributed by atoms with Crippen LogP contribution in [-0.4, -0.2) is 29.8 Å². The first-order chi connectivity index (χ1) is 6.66. The van der Waals surface area contributed by atoms with Gasteiger partial charge in [-0.1, -0.05) is 5.21 Å². The number of aromatic nitrogens is 6. The largest absolute Gasteiger partial charge is 0.381 e. The van der Waals surface area contributed by atoms with Gasteiger partial charge in [0.1, 0.15) is 12.4 Å². The lowest BCUT2D eigenvalue weighted by Gasteiger charge is -2.00. The maximum absolute atomic E-state index is 5.44. The second-order valence-electron chi connectivity index (χ2n) is 3.06. The van der Waals surface area contributed by atoms with Crippen molar-refractivity contribution in [2.45, 2.75) is 13.5 Å². The van der Waals surface area contributed by atoms with E-state index in [9.17, 15) is 0 Å². The predicted octanol–water partition coefficient (Wildman–Crippen LogP) is -0.654. The molecule has 2 heterocycles. The minimum Gasteiger partial charge on any atom is -0.381 e. The number of aryl methyl sites for hydroxylation is 1. The number of nitrogens with two attached hydrogens (primary N) is 1. The molecule has 0 bridgehead atoms. The van der Waals surface area contributed by atoms with Crippen LogP contribution in [0.2, 0.25) is 0 Å². The molecule has 0 saturated carbocycles. The van der Waals surface area contributed by atoms with E-state index in [1.807, 2.05) is 18.5 Å². The summed E-state index contributed by atoms with van der Waals surface area (Å²) in [5, 5.41) is 15.4. The molecule has 2 aromatic heterocycles. The Morgan fingerprint density at radius 3 is 2.64 bits per heavy atom. The van der Waals surface area contributed by atoms with E-state index in [4.69, 9.17) is 5.73 Å². The van der Waals surface area contributed by atoms with Crippen molar-refractivity contribution in [3.8, 4) is 0 Å². The van der Waals surface area contributed by atoms with Crippen LogP contribution in [0.15, 0.2) is 6.20 Å². The second-order valence-corrected chi connectivity index (χ2v) is 3.06. The van der Waals surface area contributed by atoms with Gasteiger partial charge in [-0.05, 0) is 6.92 Å². The van der Waals surface area contributed by atoms with Gasteiger partial charge in [-0.25, -0.2) is 4.68 Å². The summed E-state index contributed by atoms with van der Waals surface area (Å²) in [6.07, 6.45) is 1.66. The van der Waals surface area contributed by atoms with E-state index in [2.05, 4.69) is 20.5 Å². The number of hydrogen-bond acceptors (Lipinski definition) is 5. The lowest BCUT2D eigenvalue weighted by atomic mass is 10.5. The fraction of sp³-hybridized carbons (Fsp3) is 0.429. The molecule has 74 valence electrons. The second kappa shape index (κ2) is 3.09. The van der Waals surface area contributed by atoms with Crippen LogP contribution in [0, 0.1) is 6.92 Å². The lowest BCUT2D eigenvalue weighted by molar-refractivity contribution is 0.603. The van der Waals surface area contributed by atoms with Crippen molar-refractivity contribution in [3.63, 3.8) is 0 Å². The van der Waals surface area contributed by atoms with E-state index >= 15 is 0 Å². The Hall–Kier alpha value is -1.92. The summed E-state index contributed by atoms with van der Waals surface area (Å²) in [7, 11) is 1.91. The number of hydrogen-bond donors (Lipinski definition) is 1. The highest BCUT2D eigenvalue weighted by molar-refractivity contribution is 5.20. The summed E-state index contributed by atoms with van der Waals surface area (Å²) in [6.45, 7) is 2.42. The zero-order valence-electron chi connectivity index (χ0n) is 8.05. The Morgan fingerprint density at radius 1 is 1.36 bits per heavy atom. The van der Waals surface area contributed by atoms with Gasteiger partial charge in [-0.3, -0.25) is 0 Å². The highest BCUT2D eigenvalue weighted by Gasteiger charge is 2.06. The summed E-state index contributed by atoms with van der Waals surface area (Å²) in [4.78, 5) is 0. The van der Waals surface area contributed by atoms with E-state index in [-0.39, 0.29) is 0 Å². The first kappa shape index (κ1) is 8.67. The van der Waals surface area contributed by atoms with E-state index < -0.39 is 0 Å². The van der Waals surface area contributed by atoms with Crippen LogP contribution in [-0.2, 0) is 13.6 Å². The maximum Gasteiger partial charge on any atom is 0.165 e. The summed E-state index contributed by atoms with van der Waals surface area (Å²) in [6, 6.07) is 0. The third kappa shape index (κ3) is 1.43. The van der Waals surface area contributed by atoms with Crippen LogP contribution < -0.4 is 5.73 Å². The lowest BCUT2D eigenvalue weighted by Crippen LogP contribution is -2.07. The number of anilines is 1. The van der Waals surface area contributed by atoms with E-state index in [0.717, 1.165) is 11.6 Å². The van der Waals surface area contributed by atoms with E-state index in [0.29, 0.717) is 12.4 Å². The summed E-state index contributed by atoms with van der Waals surface area (Å²) < 4.78 is 3.52. The molecule has 14 heavy (non-hydrogen) atoms. The number of nitrogens with zero attached hydrogens (tertiary/aromatic N) is 6. The highest BCUT2D eigenvalue weighted by atomic mass is 15.4. The van der Waals surface area contributed by atoms with Gasteiger partial charge in [0.25, 0.3) is 0 Å². The van der Waals surface area contributed by atoms with Gasteiger partial charge in [0.2, 0.25) is 0 Å². The Balaban J connectivity index is 2.22. The van der Waals surface area contributed by atoms with Gasteiger partial charge in [-0.15, -0.1) is 15.3 Å². The van der Waals surface area contributed by atoms with Crippen LogP contribution in [0.4, 0.5) is 5.82 Å². The predicted molar refractivity (Wildman–Crippen MR) is 49.3 cm³/mol. The van der Waals surface area contributed by atoms with Gasteiger partial charge in [0, 0.05) is 7.05 Å². The van der Waals surface area contributed by atoms with Crippen LogP contribution in [0.3, 0.4) is 0 Å². The molecule has 7 heteroatoms. The molecule has 0 aliphatic rings. The summed E-state index contributed by atoms with van der Waals surface area (Å²) in [5.41, 5.74) is 5.44. The Morgan fingerprint density at radius 2 is 2.14 bits per heavy atom. The molecule has 0 unspecified atom stereocenters. The van der Waals surface area contributed by atoms with Gasteiger partial charge < -0.3 is 10.3 Å². The Bertz CT molecular complexity index is 441. The first-order valence-electron chi connectivity index (χ1n) is 4.17. The molecule has 7 nitrogen and oxygen atoms in total. The van der Waals surface area contributed by atoms with Crippen molar-refractivity contribution in [2.75, 3.05) is 5.73 Å². The molecule has 0 aliphatic heterocycles. The smallest absolute Gasteiger partial charge is 0.165 e. The molecular weight excluding hydrogens is 182 g/mol. The topological polar surface area (TPSA) is 87.4 Å². The SMILES string of the molecule is Cc1nnc(Cn2cc(N)nn2)n1C. The van der Waals surface area contributed by atoms with Crippen LogP contribution in [0.5, 0.6) is 0 Å². The van der Waals surface area contributed by atoms with Crippen molar-refractivity contribution >= 4 is 5.82 Å². The van der Waals surface area contributed by atoms with E-state index in [1.165, 1.54) is 0 Å². The number of nitrogen functional groups attached to an aromatic ring is 1. The van der Waals surface area contributed by atoms with Gasteiger partial charge >= 0.3 is 0 Å². The molecule has 2 rings (SSSR count). The molecule has 0 amide bonds. The Labute approximate surface area is 80.5 Å². The minimum absolute atomic E-state index is 0.406. The Kier molecular flexibility index (Phi) is 1.91. The molecule has 0 radical (unpaired) electrons. The van der Waals surface area contributed by atoms with Gasteiger partial charge in [0.05, 0.1) is 6.20 Å². The summed E-state index contributed by atoms with van der Waals surface area (Å²) in [5.74, 6) is 2.10. The monoisotopic (exact) mass is 193 g/mol. The molecule has 2 N–H and O–H groups in total. The first-order valence-corrected chi connectivity index (χ1v) is 4.17. The zero-order valence-corrected chi connectivity index (χ0v) is 8.05. The molecule has 0 spiro atoms. The fourth-order valence-electron chi connectivity index (χ4n) is 1.12. The van der Waals surface area contributed by atoms with Crippen molar-refractivity contribution in [1.82, 2.24) is 29.8 Å². The van der Waals surface area contributed by atoms with Crippen LogP contribution in [0.1, 0.15) is 11.6 Å². The van der Waals surface area contributed by atoms with Crippen molar-refractivity contribution < 1.29 is 0 Å². The average Bonchev–Trinajstić information content (AvgIpc) is 2.67. The summed E-state index contributed by atoms with van der Waals surface area (Å²) >= 11 is 0. The van der Waals surface area contributed by atoms with Gasteiger partial charge in [0.15, 0.2) is 11.6 Å². The standard InChI is InChI=1S/C7H11N7/c1-5-9-11-7(13(5)2)4-14-3-6(8)10-12-14/h3H,4,8H2,1-2H3. The number of rotatable bonds is 2. The maximum atomic E-state index is 5.44. The minimum atomic E-state index is 0.406. The molecule has 0 fully saturated rings. The third-order valence-corrected chi connectivity index (χ3v) is 2.04. The average molecular weight is 193 g/mol. The molecule has 0 aromatic carbocycles. The quantitative estimate of drug-likeness (QED) is 0.684. The van der Waals surface area contributed by atoms with Crippen molar-refractivity contribution in [3.05, 3.63) is 17.8 Å². The molecular formula is C7H11N7. The normalized spacial score (nSPS) is 10.7. The van der Waals surface area contributed by atoms with Crippen LogP contribution >= 0.6 is 0 Å². The third-order valence-electron chi connectivity index (χ3n) is 2.04. The molecule has 0 saturated heterocycles. The molecule has 0 aliphatic carbocycles.